The number of rotatable bonds is 4. The second-order valence-electron chi connectivity index (χ2n) is 9.40. The van der Waals surface area contributed by atoms with Crippen molar-refractivity contribution in [2.75, 3.05) is 25.1 Å². The van der Waals surface area contributed by atoms with E-state index in [4.69, 9.17) is 16.3 Å². The van der Waals surface area contributed by atoms with Crippen molar-refractivity contribution in [3.05, 3.63) is 64.2 Å². The molecule has 2 aromatic carbocycles. The number of halogens is 6. The van der Waals surface area contributed by atoms with Crippen molar-refractivity contribution in [2.24, 2.45) is 0 Å². The van der Waals surface area contributed by atoms with Gasteiger partial charge in [0.05, 0.1) is 25.0 Å². The fourth-order valence-electron chi connectivity index (χ4n) is 5.09. The molecule has 12 heteroatoms. The summed E-state index contributed by atoms with van der Waals surface area (Å²) in [6.07, 6.45) is -3.20. The van der Waals surface area contributed by atoms with Crippen LogP contribution in [0.4, 0.5) is 27.6 Å². The summed E-state index contributed by atoms with van der Waals surface area (Å²) < 4.78 is 76.0. The van der Waals surface area contributed by atoms with Crippen LogP contribution in [0.15, 0.2) is 30.3 Å². The van der Waals surface area contributed by atoms with E-state index in [0.717, 1.165) is 13.0 Å². The Morgan fingerprint density at radius 2 is 1.73 bits per heavy atom. The molecule has 198 valence electrons. The molecule has 3 heterocycles. The van der Waals surface area contributed by atoms with Crippen molar-refractivity contribution in [1.82, 2.24) is 19.7 Å². The summed E-state index contributed by atoms with van der Waals surface area (Å²) in [5, 5.41) is 9.13. The lowest BCUT2D eigenvalue weighted by atomic mass is 9.95. The first-order valence-electron chi connectivity index (χ1n) is 11.9. The highest BCUT2D eigenvalue weighted by atomic mass is 35.5. The van der Waals surface area contributed by atoms with Crippen LogP contribution in [0.1, 0.15) is 42.9 Å². The van der Waals surface area contributed by atoms with Crippen molar-refractivity contribution < 1.29 is 26.7 Å². The van der Waals surface area contributed by atoms with Crippen LogP contribution in [0.2, 0.25) is 5.02 Å². The molecule has 2 aliphatic heterocycles. The molecular formula is C25H25ClF5N5O. The van der Waals surface area contributed by atoms with Crippen LogP contribution in [0, 0.1) is 11.6 Å². The van der Waals surface area contributed by atoms with Crippen LogP contribution in [0.5, 0.6) is 5.75 Å². The van der Waals surface area contributed by atoms with Gasteiger partial charge in [-0.1, -0.05) is 11.6 Å². The molecule has 0 saturated carbocycles. The van der Waals surface area contributed by atoms with Gasteiger partial charge in [0.25, 0.3) is 0 Å². The molecule has 1 atom stereocenters. The second kappa shape index (κ2) is 9.75. The Morgan fingerprint density at radius 3 is 2.41 bits per heavy atom. The molecule has 37 heavy (non-hydrogen) atoms. The summed E-state index contributed by atoms with van der Waals surface area (Å²) in [7, 11) is 1.32. The molecule has 1 saturated heterocycles. The molecule has 1 fully saturated rings. The average molecular weight is 542 g/mol. The van der Waals surface area contributed by atoms with Crippen LogP contribution in [-0.4, -0.2) is 52.1 Å². The normalized spacial score (nSPS) is 17.8. The summed E-state index contributed by atoms with van der Waals surface area (Å²) >= 11 is 6.21. The summed E-state index contributed by atoms with van der Waals surface area (Å²) in [4.78, 5) is 3.15. The molecule has 0 aliphatic carbocycles. The van der Waals surface area contributed by atoms with Gasteiger partial charge in [-0.05, 0) is 43.5 Å². The van der Waals surface area contributed by atoms with E-state index in [9.17, 15) is 22.0 Å². The van der Waals surface area contributed by atoms with Gasteiger partial charge in [-0.2, -0.15) is 13.2 Å². The number of piperidine rings is 1. The van der Waals surface area contributed by atoms with Gasteiger partial charge in [0.15, 0.2) is 17.4 Å². The van der Waals surface area contributed by atoms with E-state index in [-0.39, 0.29) is 30.4 Å². The number of ether oxygens (including phenoxy) is 1. The molecule has 3 aromatic rings. The molecule has 1 unspecified atom stereocenters. The third-order valence-corrected chi connectivity index (χ3v) is 7.43. The fourth-order valence-corrected chi connectivity index (χ4v) is 5.29. The minimum Gasteiger partial charge on any atom is -0.494 e. The Bertz CT molecular complexity index is 1310. The SMILES string of the molecule is COc1cc(N2CCC(c3nnc4n3-c3ccc(Cl)cc3CN(C(C)C(F)(F)F)C4)CC2)c(F)cc1F. The first kappa shape index (κ1) is 25.7. The Morgan fingerprint density at radius 1 is 1.00 bits per heavy atom. The van der Waals surface area contributed by atoms with Crippen LogP contribution in [0.3, 0.4) is 0 Å². The molecule has 0 spiro atoms. The monoisotopic (exact) mass is 541 g/mol. The van der Waals surface area contributed by atoms with E-state index in [1.54, 1.807) is 18.2 Å². The quantitative estimate of drug-likeness (QED) is 0.387. The van der Waals surface area contributed by atoms with Gasteiger partial charge < -0.3 is 9.64 Å². The van der Waals surface area contributed by atoms with E-state index in [1.807, 2.05) is 9.47 Å². The van der Waals surface area contributed by atoms with Crippen LogP contribution >= 0.6 is 11.6 Å². The molecule has 2 aliphatic rings. The maximum Gasteiger partial charge on any atom is 0.403 e. The van der Waals surface area contributed by atoms with E-state index in [0.29, 0.717) is 53.9 Å². The minimum atomic E-state index is -4.40. The van der Waals surface area contributed by atoms with Crippen LogP contribution in [0.25, 0.3) is 5.69 Å². The summed E-state index contributed by atoms with van der Waals surface area (Å²) in [5.74, 6) is -0.455. The number of methoxy groups -OCH3 is 1. The number of hydrogen-bond donors (Lipinski definition) is 0. The Hall–Kier alpha value is -2.92. The number of nitrogens with zero attached hydrogens (tertiary/aromatic N) is 5. The fraction of sp³-hybridized carbons (Fsp3) is 0.440. The molecule has 0 amide bonds. The van der Waals surface area contributed by atoms with Gasteiger partial charge in [-0.3, -0.25) is 9.47 Å². The Kier molecular flexibility index (Phi) is 6.78. The third-order valence-electron chi connectivity index (χ3n) is 7.20. The van der Waals surface area contributed by atoms with Crippen molar-refractivity contribution in [3.63, 3.8) is 0 Å². The highest BCUT2D eigenvalue weighted by Crippen LogP contribution is 2.37. The van der Waals surface area contributed by atoms with Gasteiger partial charge in [-0.25, -0.2) is 8.78 Å². The zero-order valence-corrected chi connectivity index (χ0v) is 21.0. The van der Waals surface area contributed by atoms with Gasteiger partial charge in [-0.15, -0.1) is 10.2 Å². The number of anilines is 1. The molecular weight excluding hydrogens is 517 g/mol. The second-order valence-corrected chi connectivity index (χ2v) is 9.84. The number of benzene rings is 2. The minimum absolute atomic E-state index is 0.0284. The standard InChI is InChI=1S/C25H25ClF5N5O/c1-14(25(29,30)31)35-12-16-9-17(26)3-4-20(16)36-23(13-35)32-33-24(36)15-5-7-34(8-6-15)21-11-22(37-2)19(28)10-18(21)27/h3-4,9-11,14-15H,5-8,12-13H2,1-2H3. The summed E-state index contributed by atoms with van der Waals surface area (Å²) in [6.45, 7) is 2.12. The lowest BCUT2D eigenvalue weighted by molar-refractivity contribution is -0.182. The van der Waals surface area contributed by atoms with Crippen molar-refractivity contribution in [3.8, 4) is 11.4 Å². The maximum absolute atomic E-state index is 14.5. The molecule has 1 aromatic heterocycles. The molecule has 0 N–H and O–H groups in total. The largest absolute Gasteiger partial charge is 0.494 e. The zero-order valence-electron chi connectivity index (χ0n) is 20.2. The summed E-state index contributed by atoms with van der Waals surface area (Å²) in [6, 6.07) is 5.64. The van der Waals surface area contributed by atoms with Gasteiger partial charge >= 0.3 is 6.18 Å². The average Bonchev–Trinajstić information content (AvgIpc) is 3.19. The number of fused-ring (bicyclic) bond motifs is 3. The zero-order chi connectivity index (χ0) is 26.5. The predicted molar refractivity (Wildman–Crippen MR) is 128 cm³/mol. The van der Waals surface area contributed by atoms with Crippen molar-refractivity contribution in [2.45, 2.75) is 51.0 Å². The van der Waals surface area contributed by atoms with Gasteiger partial charge in [0.2, 0.25) is 0 Å². The number of aromatic nitrogens is 3. The topological polar surface area (TPSA) is 46.4 Å². The van der Waals surface area contributed by atoms with Gasteiger partial charge in [0.1, 0.15) is 17.7 Å². The number of hydrogen-bond acceptors (Lipinski definition) is 5. The van der Waals surface area contributed by atoms with E-state index >= 15 is 0 Å². The smallest absolute Gasteiger partial charge is 0.403 e. The van der Waals surface area contributed by atoms with Gasteiger partial charge in [0, 0.05) is 42.7 Å². The Balaban J connectivity index is 1.44. The van der Waals surface area contributed by atoms with Crippen LogP contribution < -0.4 is 9.64 Å². The molecule has 0 bridgehead atoms. The lowest BCUT2D eigenvalue weighted by Crippen LogP contribution is -2.42. The van der Waals surface area contributed by atoms with Crippen molar-refractivity contribution >= 4 is 17.3 Å². The van der Waals surface area contributed by atoms with E-state index < -0.39 is 23.9 Å². The highest BCUT2D eigenvalue weighted by Gasteiger charge is 2.42. The van der Waals surface area contributed by atoms with Crippen molar-refractivity contribution in [1.29, 1.82) is 0 Å². The first-order valence-corrected chi connectivity index (χ1v) is 12.3. The number of alkyl halides is 3. The highest BCUT2D eigenvalue weighted by molar-refractivity contribution is 6.30. The molecule has 0 radical (unpaired) electrons. The summed E-state index contributed by atoms with van der Waals surface area (Å²) in [5.41, 5.74) is 1.61. The van der Waals surface area contributed by atoms with E-state index in [1.165, 1.54) is 18.1 Å². The van der Waals surface area contributed by atoms with E-state index in [2.05, 4.69) is 10.2 Å². The lowest BCUT2D eigenvalue weighted by Gasteiger charge is -2.33. The first-order chi connectivity index (χ1) is 17.6. The Labute approximate surface area is 215 Å². The van der Waals surface area contributed by atoms with Crippen LogP contribution in [-0.2, 0) is 13.1 Å². The molecule has 5 rings (SSSR count). The third kappa shape index (κ3) is 4.86. The predicted octanol–water partition coefficient (Wildman–Crippen LogP) is 5.86. The molecule has 6 nitrogen and oxygen atoms in total. The maximum atomic E-state index is 14.5.